The minimum atomic E-state index is -0.277. The van der Waals surface area contributed by atoms with Gasteiger partial charge in [0.15, 0.2) is 5.76 Å². The minimum absolute atomic E-state index is 0.261. The molecule has 0 spiro atoms. The first kappa shape index (κ1) is 19.4. The lowest BCUT2D eigenvalue weighted by Gasteiger charge is -2.09. The second-order valence-electron chi connectivity index (χ2n) is 6.04. The summed E-state index contributed by atoms with van der Waals surface area (Å²) in [6.45, 7) is 0.762. The van der Waals surface area contributed by atoms with E-state index in [-0.39, 0.29) is 11.7 Å². The van der Waals surface area contributed by atoms with Crippen molar-refractivity contribution < 1.29 is 23.4 Å². The number of amides is 1. The van der Waals surface area contributed by atoms with Crippen molar-refractivity contribution >= 4 is 5.91 Å². The highest BCUT2D eigenvalue weighted by atomic mass is 16.5. The van der Waals surface area contributed by atoms with E-state index in [4.69, 9.17) is 18.6 Å². The van der Waals surface area contributed by atoms with Crippen molar-refractivity contribution in [1.29, 1.82) is 0 Å². The van der Waals surface area contributed by atoms with Gasteiger partial charge in [0, 0.05) is 12.0 Å². The van der Waals surface area contributed by atoms with Crippen molar-refractivity contribution in [3.8, 4) is 17.2 Å². The van der Waals surface area contributed by atoms with Crippen LogP contribution in [0.2, 0.25) is 0 Å². The van der Waals surface area contributed by atoms with Gasteiger partial charge in [-0.15, -0.1) is 0 Å². The second kappa shape index (κ2) is 9.50. The largest absolute Gasteiger partial charge is 0.497 e. The topological polar surface area (TPSA) is 69.9 Å². The molecule has 0 unspecified atom stereocenters. The predicted octanol–water partition coefficient (Wildman–Crippen LogP) is 3.70. The molecule has 0 fully saturated rings. The van der Waals surface area contributed by atoms with E-state index < -0.39 is 0 Å². The maximum atomic E-state index is 12.2. The fourth-order valence-electron chi connectivity index (χ4n) is 2.74. The first-order valence-corrected chi connectivity index (χ1v) is 8.95. The number of benzene rings is 2. The summed E-state index contributed by atoms with van der Waals surface area (Å²) in [5.74, 6) is 2.89. The molecule has 3 rings (SSSR count). The van der Waals surface area contributed by atoms with Crippen LogP contribution in [0.5, 0.6) is 17.2 Å². The van der Waals surface area contributed by atoms with E-state index in [9.17, 15) is 4.79 Å². The number of nitrogens with one attached hydrogen (secondary N) is 1. The molecule has 6 heteroatoms. The number of para-hydroxylation sites is 1. The molecule has 1 heterocycles. The molecular weight excluding hydrogens is 358 g/mol. The second-order valence-corrected chi connectivity index (χ2v) is 6.04. The Labute approximate surface area is 164 Å². The van der Waals surface area contributed by atoms with Crippen LogP contribution < -0.4 is 19.5 Å². The monoisotopic (exact) mass is 381 g/mol. The van der Waals surface area contributed by atoms with Crippen molar-refractivity contribution in [3.63, 3.8) is 0 Å². The molecule has 0 saturated heterocycles. The van der Waals surface area contributed by atoms with Gasteiger partial charge in [-0.3, -0.25) is 4.79 Å². The van der Waals surface area contributed by atoms with E-state index in [1.807, 2.05) is 48.5 Å². The van der Waals surface area contributed by atoms with Crippen molar-refractivity contribution in [2.24, 2.45) is 0 Å². The molecule has 0 aliphatic rings. The van der Waals surface area contributed by atoms with Gasteiger partial charge in [0.05, 0.1) is 20.8 Å². The SMILES string of the molecule is COc1ccc(OC)c(Cc2ccc(C(=O)NCCOc3ccccc3)o2)c1. The summed E-state index contributed by atoms with van der Waals surface area (Å²) < 4.78 is 21.9. The fourth-order valence-corrected chi connectivity index (χ4v) is 2.74. The Kier molecular flexibility index (Phi) is 6.57. The molecular formula is C22H23NO5. The number of furan rings is 1. The summed E-state index contributed by atoms with van der Waals surface area (Å²) in [5.41, 5.74) is 0.916. The van der Waals surface area contributed by atoms with Crippen LogP contribution in [0.4, 0.5) is 0 Å². The molecule has 1 amide bonds. The van der Waals surface area contributed by atoms with Gasteiger partial charge in [-0.1, -0.05) is 18.2 Å². The lowest BCUT2D eigenvalue weighted by atomic mass is 10.1. The van der Waals surface area contributed by atoms with Gasteiger partial charge < -0.3 is 23.9 Å². The molecule has 0 atom stereocenters. The third-order valence-corrected chi connectivity index (χ3v) is 4.14. The Hall–Kier alpha value is -3.41. The average Bonchev–Trinajstić information content (AvgIpc) is 3.20. The first-order valence-electron chi connectivity index (χ1n) is 8.95. The third-order valence-electron chi connectivity index (χ3n) is 4.14. The zero-order valence-electron chi connectivity index (χ0n) is 15.9. The molecule has 3 aromatic rings. The summed E-state index contributed by atoms with van der Waals surface area (Å²) >= 11 is 0. The smallest absolute Gasteiger partial charge is 0.287 e. The van der Waals surface area contributed by atoms with Gasteiger partial charge in [0.2, 0.25) is 0 Å². The summed E-state index contributed by atoms with van der Waals surface area (Å²) in [5, 5.41) is 2.78. The van der Waals surface area contributed by atoms with Crippen LogP contribution in [0.1, 0.15) is 21.9 Å². The van der Waals surface area contributed by atoms with Crippen LogP contribution in [0.15, 0.2) is 65.1 Å². The molecule has 0 saturated carbocycles. The first-order chi connectivity index (χ1) is 13.7. The van der Waals surface area contributed by atoms with E-state index in [1.54, 1.807) is 26.4 Å². The number of rotatable bonds is 9. The molecule has 0 aliphatic heterocycles. The van der Waals surface area contributed by atoms with Crippen LogP contribution in [-0.2, 0) is 6.42 Å². The molecule has 28 heavy (non-hydrogen) atoms. The molecule has 146 valence electrons. The summed E-state index contributed by atoms with van der Waals surface area (Å²) in [6, 6.07) is 18.5. The minimum Gasteiger partial charge on any atom is -0.497 e. The zero-order chi connectivity index (χ0) is 19.8. The standard InChI is InChI=1S/C22H23NO5/c1-25-18-8-10-20(26-2)16(14-18)15-19-9-11-21(28-19)22(24)23-12-13-27-17-6-4-3-5-7-17/h3-11,14H,12-13,15H2,1-2H3,(H,23,24). The third kappa shape index (κ3) is 5.07. The Morgan fingerprint density at radius 1 is 0.964 bits per heavy atom. The lowest BCUT2D eigenvalue weighted by Crippen LogP contribution is -2.27. The van der Waals surface area contributed by atoms with Crippen molar-refractivity contribution in [3.05, 3.63) is 77.7 Å². The van der Waals surface area contributed by atoms with E-state index in [1.165, 1.54) is 0 Å². The van der Waals surface area contributed by atoms with Gasteiger partial charge in [0.25, 0.3) is 5.91 Å². The Balaban J connectivity index is 1.54. The van der Waals surface area contributed by atoms with Gasteiger partial charge in [-0.25, -0.2) is 0 Å². The zero-order valence-corrected chi connectivity index (χ0v) is 15.9. The van der Waals surface area contributed by atoms with Gasteiger partial charge in [0.1, 0.15) is 29.6 Å². The van der Waals surface area contributed by atoms with Crippen molar-refractivity contribution in [2.45, 2.75) is 6.42 Å². The fraction of sp³-hybridized carbons (Fsp3) is 0.227. The maximum absolute atomic E-state index is 12.2. The number of carbonyl (C=O) groups is 1. The van der Waals surface area contributed by atoms with Crippen molar-refractivity contribution in [2.75, 3.05) is 27.4 Å². The van der Waals surface area contributed by atoms with Crippen LogP contribution in [0, 0.1) is 0 Å². The quantitative estimate of drug-likeness (QED) is 0.573. The number of hydrogen-bond acceptors (Lipinski definition) is 5. The molecule has 1 N–H and O–H groups in total. The van der Waals surface area contributed by atoms with E-state index in [0.29, 0.717) is 25.3 Å². The summed E-state index contributed by atoms with van der Waals surface area (Å²) in [6.07, 6.45) is 0.491. The highest BCUT2D eigenvalue weighted by molar-refractivity contribution is 5.91. The molecule has 0 bridgehead atoms. The van der Waals surface area contributed by atoms with Crippen LogP contribution in [0.3, 0.4) is 0 Å². The van der Waals surface area contributed by atoms with Crippen LogP contribution >= 0.6 is 0 Å². The average molecular weight is 381 g/mol. The lowest BCUT2D eigenvalue weighted by molar-refractivity contribution is 0.0917. The molecule has 0 radical (unpaired) electrons. The predicted molar refractivity (Wildman–Crippen MR) is 105 cm³/mol. The van der Waals surface area contributed by atoms with Crippen LogP contribution in [0.25, 0.3) is 0 Å². The maximum Gasteiger partial charge on any atom is 0.287 e. The van der Waals surface area contributed by atoms with Crippen molar-refractivity contribution in [1.82, 2.24) is 5.32 Å². The Bertz CT molecular complexity index is 904. The van der Waals surface area contributed by atoms with E-state index >= 15 is 0 Å². The Morgan fingerprint density at radius 2 is 1.79 bits per heavy atom. The summed E-state index contributed by atoms with van der Waals surface area (Å²) in [7, 11) is 3.23. The Morgan fingerprint density at radius 3 is 2.54 bits per heavy atom. The molecule has 0 aliphatic carbocycles. The summed E-state index contributed by atoms with van der Waals surface area (Å²) in [4.78, 5) is 12.2. The van der Waals surface area contributed by atoms with Gasteiger partial charge >= 0.3 is 0 Å². The number of ether oxygens (including phenoxy) is 3. The molecule has 2 aromatic carbocycles. The van der Waals surface area contributed by atoms with E-state index in [0.717, 1.165) is 22.8 Å². The molecule has 1 aromatic heterocycles. The van der Waals surface area contributed by atoms with Gasteiger partial charge in [-0.05, 0) is 42.5 Å². The number of methoxy groups -OCH3 is 2. The van der Waals surface area contributed by atoms with Crippen LogP contribution in [-0.4, -0.2) is 33.3 Å². The number of hydrogen-bond donors (Lipinski definition) is 1. The highest BCUT2D eigenvalue weighted by Gasteiger charge is 2.13. The normalized spacial score (nSPS) is 10.4. The van der Waals surface area contributed by atoms with E-state index in [2.05, 4.69) is 5.32 Å². The molecule has 6 nitrogen and oxygen atoms in total. The number of carbonyl (C=O) groups excluding carboxylic acids is 1. The highest BCUT2D eigenvalue weighted by Crippen LogP contribution is 2.26. The van der Waals surface area contributed by atoms with Gasteiger partial charge in [-0.2, -0.15) is 0 Å².